The number of nitrogen functional groups attached to an aromatic ring is 1. The van der Waals surface area contributed by atoms with Crippen LogP contribution in [-0.2, 0) is 0 Å². The molecule has 0 saturated heterocycles. The van der Waals surface area contributed by atoms with Gasteiger partial charge in [0.05, 0.1) is 0 Å². The molecule has 0 amide bonds. The van der Waals surface area contributed by atoms with Crippen molar-refractivity contribution in [2.45, 2.75) is 0 Å². The van der Waals surface area contributed by atoms with E-state index in [9.17, 15) is 0 Å². The van der Waals surface area contributed by atoms with Crippen molar-refractivity contribution >= 4 is 45.9 Å². The van der Waals surface area contributed by atoms with Crippen LogP contribution in [0.25, 0.3) is 19.9 Å². The third-order valence-electron chi connectivity index (χ3n) is 2.51. The monoisotopic (exact) mass is 352 g/mol. The molecule has 0 bridgehead atoms. The molecular formula is C13H9BrN2Se. The molecular weight excluding hydrogens is 343 g/mol. The second kappa shape index (κ2) is 4.30. The van der Waals surface area contributed by atoms with Gasteiger partial charge in [-0.25, -0.2) is 0 Å². The summed E-state index contributed by atoms with van der Waals surface area (Å²) in [5.74, 6) is 0. The Hall–Kier alpha value is -1.09. The summed E-state index contributed by atoms with van der Waals surface area (Å²) in [4.78, 5) is 4.69. The summed E-state index contributed by atoms with van der Waals surface area (Å²) in [5, 5.41) is 0. The van der Waals surface area contributed by atoms with Crippen LogP contribution in [-0.4, -0.2) is 19.5 Å². The number of rotatable bonds is 1. The van der Waals surface area contributed by atoms with Gasteiger partial charge in [-0.15, -0.1) is 0 Å². The molecule has 0 atom stereocenters. The molecule has 4 heteroatoms. The SMILES string of the molecule is Nc1ccc(-c2nc3cc(Br)ccc3[se]2)cc1. The second-order valence-corrected chi connectivity index (χ2v) is 6.83. The molecule has 1 aromatic heterocycles. The minimum absolute atomic E-state index is 0.298. The van der Waals surface area contributed by atoms with Crippen LogP contribution in [0, 0.1) is 0 Å². The summed E-state index contributed by atoms with van der Waals surface area (Å²) in [6.07, 6.45) is 0. The summed E-state index contributed by atoms with van der Waals surface area (Å²) in [6.45, 7) is 0. The van der Waals surface area contributed by atoms with Crippen molar-refractivity contribution in [2.24, 2.45) is 0 Å². The standard InChI is InChI=1S/C13H9BrN2Se/c14-9-3-6-12-11(7-9)16-13(17-12)8-1-4-10(15)5-2-8/h1-7H,15H2. The Labute approximate surface area is 113 Å². The zero-order chi connectivity index (χ0) is 11.8. The van der Waals surface area contributed by atoms with E-state index in [0.29, 0.717) is 14.5 Å². The van der Waals surface area contributed by atoms with E-state index in [0.717, 1.165) is 15.7 Å². The number of halogens is 1. The van der Waals surface area contributed by atoms with Crippen molar-refractivity contribution in [3.63, 3.8) is 0 Å². The van der Waals surface area contributed by atoms with Gasteiger partial charge in [-0.3, -0.25) is 0 Å². The quantitative estimate of drug-likeness (QED) is 0.539. The summed E-state index contributed by atoms with van der Waals surface area (Å²) in [5.41, 5.74) is 8.74. The predicted molar refractivity (Wildman–Crippen MR) is 76.2 cm³/mol. The van der Waals surface area contributed by atoms with Crippen molar-refractivity contribution in [3.8, 4) is 10.1 Å². The van der Waals surface area contributed by atoms with Gasteiger partial charge in [0.1, 0.15) is 0 Å². The molecule has 3 aromatic rings. The molecule has 0 unspecified atom stereocenters. The maximum atomic E-state index is 5.69. The summed E-state index contributed by atoms with van der Waals surface area (Å²) >= 11 is 3.77. The first-order valence-electron chi connectivity index (χ1n) is 5.14. The normalized spacial score (nSPS) is 10.9. The van der Waals surface area contributed by atoms with Crippen molar-refractivity contribution in [2.75, 3.05) is 5.73 Å². The average Bonchev–Trinajstić information content (AvgIpc) is 2.72. The second-order valence-electron chi connectivity index (χ2n) is 3.75. The summed E-state index contributed by atoms with van der Waals surface area (Å²) in [6, 6.07) is 14.2. The molecule has 2 nitrogen and oxygen atoms in total. The van der Waals surface area contributed by atoms with E-state index in [1.54, 1.807) is 0 Å². The topological polar surface area (TPSA) is 38.9 Å². The zero-order valence-electron chi connectivity index (χ0n) is 8.85. The molecule has 0 spiro atoms. The Morgan fingerprint density at radius 2 is 1.82 bits per heavy atom. The number of nitrogens with two attached hydrogens (primary N) is 1. The first kappa shape index (κ1) is 11.0. The van der Waals surface area contributed by atoms with Crippen molar-refractivity contribution in [3.05, 3.63) is 46.9 Å². The number of anilines is 1. The van der Waals surface area contributed by atoms with Gasteiger partial charge in [0.2, 0.25) is 0 Å². The van der Waals surface area contributed by atoms with Gasteiger partial charge in [-0.05, 0) is 0 Å². The molecule has 0 saturated carbocycles. The van der Waals surface area contributed by atoms with Crippen LogP contribution < -0.4 is 5.73 Å². The van der Waals surface area contributed by atoms with Crippen LogP contribution >= 0.6 is 15.9 Å². The van der Waals surface area contributed by atoms with Gasteiger partial charge in [0.25, 0.3) is 0 Å². The van der Waals surface area contributed by atoms with E-state index in [4.69, 9.17) is 5.73 Å². The Balaban J connectivity index is 2.14. The number of nitrogens with zero attached hydrogens (tertiary/aromatic N) is 1. The molecule has 0 aliphatic carbocycles. The molecule has 2 aromatic carbocycles. The van der Waals surface area contributed by atoms with Crippen molar-refractivity contribution < 1.29 is 0 Å². The van der Waals surface area contributed by atoms with E-state index >= 15 is 0 Å². The number of hydrogen-bond acceptors (Lipinski definition) is 2. The van der Waals surface area contributed by atoms with E-state index in [2.05, 4.69) is 39.1 Å². The Bertz CT molecular complexity index is 673. The van der Waals surface area contributed by atoms with Crippen LogP contribution in [0.1, 0.15) is 0 Å². The number of aromatic nitrogens is 1. The fourth-order valence-corrected chi connectivity index (χ4v) is 3.99. The molecule has 17 heavy (non-hydrogen) atoms. The third-order valence-corrected chi connectivity index (χ3v) is 5.28. The Morgan fingerprint density at radius 1 is 1.06 bits per heavy atom. The molecule has 0 aliphatic rings. The van der Waals surface area contributed by atoms with E-state index in [1.165, 1.54) is 14.4 Å². The van der Waals surface area contributed by atoms with Crippen molar-refractivity contribution in [1.82, 2.24) is 4.98 Å². The number of hydrogen-bond donors (Lipinski definition) is 1. The number of benzene rings is 2. The fraction of sp³-hybridized carbons (Fsp3) is 0. The Morgan fingerprint density at radius 3 is 2.59 bits per heavy atom. The zero-order valence-corrected chi connectivity index (χ0v) is 12.2. The molecule has 1 heterocycles. The van der Waals surface area contributed by atoms with Crippen molar-refractivity contribution in [1.29, 1.82) is 0 Å². The van der Waals surface area contributed by atoms with E-state index in [-0.39, 0.29) is 0 Å². The minimum atomic E-state index is 0.298. The molecule has 2 N–H and O–H groups in total. The van der Waals surface area contributed by atoms with Crippen LogP contribution in [0.4, 0.5) is 5.69 Å². The van der Waals surface area contributed by atoms with Gasteiger partial charge in [-0.1, -0.05) is 0 Å². The fourth-order valence-electron chi connectivity index (χ4n) is 1.65. The summed E-state index contributed by atoms with van der Waals surface area (Å²) in [7, 11) is 0. The molecule has 0 radical (unpaired) electrons. The van der Waals surface area contributed by atoms with Crippen LogP contribution in [0.5, 0.6) is 0 Å². The molecule has 0 aliphatic heterocycles. The predicted octanol–water partition coefficient (Wildman–Crippen LogP) is 3.30. The number of fused-ring (bicyclic) bond motifs is 1. The van der Waals surface area contributed by atoms with Gasteiger partial charge in [0.15, 0.2) is 0 Å². The first-order chi connectivity index (χ1) is 8.22. The van der Waals surface area contributed by atoms with Gasteiger partial charge in [0, 0.05) is 0 Å². The Kier molecular flexibility index (Phi) is 2.79. The van der Waals surface area contributed by atoms with E-state index < -0.39 is 0 Å². The first-order valence-corrected chi connectivity index (χ1v) is 7.65. The third kappa shape index (κ3) is 2.16. The maximum absolute atomic E-state index is 5.69. The van der Waals surface area contributed by atoms with Crippen LogP contribution in [0.3, 0.4) is 0 Å². The average molecular weight is 352 g/mol. The van der Waals surface area contributed by atoms with Gasteiger partial charge in [-0.2, -0.15) is 0 Å². The molecule has 0 fully saturated rings. The van der Waals surface area contributed by atoms with E-state index in [1.807, 2.05) is 24.3 Å². The van der Waals surface area contributed by atoms with Gasteiger partial charge < -0.3 is 0 Å². The molecule has 84 valence electrons. The summed E-state index contributed by atoms with van der Waals surface area (Å²) < 4.78 is 3.59. The molecule has 3 rings (SSSR count). The van der Waals surface area contributed by atoms with Gasteiger partial charge >= 0.3 is 114 Å². The van der Waals surface area contributed by atoms with Crippen LogP contribution in [0.2, 0.25) is 0 Å². The van der Waals surface area contributed by atoms with Crippen LogP contribution in [0.15, 0.2) is 46.9 Å².